The molecule has 0 atom stereocenters. The Labute approximate surface area is 126 Å². The third-order valence-electron chi connectivity index (χ3n) is 4.21. The van der Waals surface area contributed by atoms with Crippen LogP contribution in [0.1, 0.15) is 23.2 Å². The lowest BCUT2D eigenvalue weighted by Gasteiger charge is -2.33. The fraction of sp³-hybridized carbons (Fsp3) is 0.562. The highest BCUT2D eigenvalue weighted by atomic mass is 16.5. The lowest BCUT2D eigenvalue weighted by molar-refractivity contribution is 0.0601. The molecule has 1 fully saturated rings. The first kappa shape index (κ1) is 15.6. The summed E-state index contributed by atoms with van der Waals surface area (Å²) in [5, 5.41) is 0. The molecule has 0 aromatic heterocycles. The van der Waals surface area contributed by atoms with Crippen molar-refractivity contribution in [3.63, 3.8) is 0 Å². The van der Waals surface area contributed by atoms with Crippen LogP contribution in [0.5, 0.6) is 0 Å². The van der Waals surface area contributed by atoms with Gasteiger partial charge < -0.3 is 20.3 Å². The molecule has 0 spiro atoms. The molecule has 1 heterocycles. The van der Waals surface area contributed by atoms with Gasteiger partial charge in [0.2, 0.25) is 0 Å². The van der Waals surface area contributed by atoms with Gasteiger partial charge in [0, 0.05) is 19.3 Å². The van der Waals surface area contributed by atoms with Crippen molar-refractivity contribution in [3.8, 4) is 0 Å². The zero-order valence-electron chi connectivity index (χ0n) is 13.1. The van der Waals surface area contributed by atoms with Crippen LogP contribution in [0.15, 0.2) is 18.2 Å². The van der Waals surface area contributed by atoms with Crippen LogP contribution in [0, 0.1) is 5.92 Å². The lowest BCUT2D eigenvalue weighted by atomic mass is 9.96. The van der Waals surface area contributed by atoms with E-state index in [0.717, 1.165) is 25.3 Å². The highest BCUT2D eigenvalue weighted by Gasteiger charge is 2.21. The molecule has 2 N–H and O–H groups in total. The van der Waals surface area contributed by atoms with Gasteiger partial charge in [0.05, 0.1) is 18.4 Å². The Balaban J connectivity index is 2.11. The number of nitrogens with two attached hydrogens (primary N) is 1. The quantitative estimate of drug-likeness (QED) is 0.677. The first-order valence-corrected chi connectivity index (χ1v) is 7.38. The van der Waals surface area contributed by atoms with E-state index in [2.05, 4.69) is 16.8 Å². The number of anilines is 2. The molecule has 2 rings (SSSR count). The van der Waals surface area contributed by atoms with Crippen molar-refractivity contribution < 1.29 is 9.53 Å². The number of benzene rings is 1. The molecule has 0 unspecified atom stereocenters. The second-order valence-electron chi connectivity index (χ2n) is 5.90. The summed E-state index contributed by atoms with van der Waals surface area (Å²) in [5.41, 5.74) is 7.78. The van der Waals surface area contributed by atoms with Crippen molar-refractivity contribution in [2.75, 3.05) is 51.5 Å². The van der Waals surface area contributed by atoms with E-state index in [1.54, 1.807) is 6.07 Å². The number of rotatable bonds is 4. The molecular weight excluding hydrogens is 266 g/mol. The second-order valence-corrected chi connectivity index (χ2v) is 5.90. The summed E-state index contributed by atoms with van der Waals surface area (Å²) in [6.45, 7) is 3.23. The van der Waals surface area contributed by atoms with E-state index in [1.807, 2.05) is 19.2 Å². The van der Waals surface area contributed by atoms with Crippen LogP contribution in [0.4, 0.5) is 11.4 Å². The summed E-state index contributed by atoms with van der Waals surface area (Å²) in [6, 6.07) is 5.41. The Kier molecular flexibility index (Phi) is 5.07. The van der Waals surface area contributed by atoms with Crippen LogP contribution in [0.3, 0.4) is 0 Å². The zero-order chi connectivity index (χ0) is 15.4. The maximum atomic E-state index is 11.9. The normalized spacial score (nSPS) is 16.7. The number of ether oxygens (including phenoxy) is 1. The Morgan fingerprint density at radius 3 is 2.71 bits per heavy atom. The van der Waals surface area contributed by atoms with Gasteiger partial charge >= 0.3 is 5.97 Å². The van der Waals surface area contributed by atoms with Crippen molar-refractivity contribution in [2.45, 2.75) is 12.8 Å². The summed E-state index contributed by atoms with van der Waals surface area (Å²) in [5.74, 6) is 0.321. The molecule has 1 aromatic rings. The van der Waals surface area contributed by atoms with Gasteiger partial charge in [-0.05, 0) is 57.1 Å². The van der Waals surface area contributed by atoms with Crippen LogP contribution in [0.2, 0.25) is 0 Å². The van der Waals surface area contributed by atoms with Gasteiger partial charge in [-0.25, -0.2) is 4.79 Å². The minimum atomic E-state index is -0.340. The molecule has 116 valence electrons. The van der Waals surface area contributed by atoms with Crippen LogP contribution >= 0.6 is 0 Å². The van der Waals surface area contributed by atoms with E-state index in [9.17, 15) is 4.79 Å². The number of hydrogen-bond donors (Lipinski definition) is 1. The summed E-state index contributed by atoms with van der Waals surface area (Å²) in [4.78, 5) is 16.4. The Morgan fingerprint density at radius 2 is 2.10 bits per heavy atom. The number of nitrogens with zero attached hydrogens (tertiary/aromatic N) is 2. The average Bonchev–Trinajstić information content (AvgIpc) is 2.48. The largest absolute Gasteiger partial charge is 0.465 e. The summed E-state index contributed by atoms with van der Waals surface area (Å²) in [6.07, 6.45) is 2.40. The molecule has 0 radical (unpaired) electrons. The van der Waals surface area contributed by atoms with Crippen molar-refractivity contribution in [2.24, 2.45) is 5.92 Å². The molecule has 0 aliphatic carbocycles. The first-order valence-electron chi connectivity index (χ1n) is 7.38. The van der Waals surface area contributed by atoms with E-state index in [-0.39, 0.29) is 5.97 Å². The van der Waals surface area contributed by atoms with Crippen LogP contribution in [0.25, 0.3) is 0 Å². The van der Waals surface area contributed by atoms with Crippen molar-refractivity contribution in [3.05, 3.63) is 23.8 Å². The number of carbonyl (C=O) groups excluding carboxylic acids is 1. The zero-order valence-corrected chi connectivity index (χ0v) is 13.1. The first-order chi connectivity index (χ1) is 10.0. The molecule has 1 aromatic carbocycles. The van der Waals surface area contributed by atoms with E-state index in [0.29, 0.717) is 17.2 Å². The maximum Gasteiger partial charge on any atom is 0.340 e. The minimum absolute atomic E-state index is 0.340. The molecule has 5 heteroatoms. The lowest BCUT2D eigenvalue weighted by Crippen LogP contribution is -2.36. The van der Waals surface area contributed by atoms with Gasteiger partial charge in [-0.1, -0.05) is 0 Å². The van der Waals surface area contributed by atoms with Crippen molar-refractivity contribution in [1.82, 2.24) is 4.90 Å². The minimum Gasteiger partial charge on any atom is -0.465 e. The highest BCUT2D eigenvalue weighted by molar-refractivity contribution is 5.96. The highest BCUT2D eigenvalue weighted by Crippen LogP contribution is 2.26. The van der Waals surface area contributed by atoms with E-state index >= 15 is 0 Å². The fourth-order valence-electron chi connectivity index (χ4n) is 2.89. The summed E-state index contributed by atoms with van der Waals surface area (Å²) < 4.78 is 4.86. The Bertz CT molecular complexity index is 496. The van der Waals surface area contributed by atoms with Gasteiger partial charge in [0.15, 0.2) is 0 Å². The Hall–Kier alpha value is -1.75. The predicted molar refractivity (Wildman–Crippen MR) is 85.7 cm³/mol. The molecule has 0 saturated carbocycles. The SMILES string of the molecule is COC(=O)c1cc(N)ccc1N(C)CC1CCN(C)CC1. The van der Waals surface area contributed by atoms with E-state index in [4.69, 9.17) is 10.5 Å². The second kappa shape index (κ2) is 6.80. The van der Waals surface area contributed by atoms with Crippen LogP contribution in [-0.4, -0.2) is 51.7 Å². The molecule has 0 amide bonds. The van der Waals surface area contributed by atoms with Gasteiger partial charge in [-0.15, -0.1) is 0 Å². The van der Waals surface area contributed by atoms with E-state index < -0.39 is 0 Å². The number of hydrogen-bond acceptors (Lipinski definition) is 5. The van der Waals surface area contributed by atoms with Crippen molar-refractivity contribution in [1.29, 1.82) is 0 Å². The number of nitrogen functional groups attached to an aromatic ring is 1. The number of methoxy groups -OCH3 is 1. The molecule has 21 heavy (non-hydrogen) atoms. The third-order valence-corrected chi connectivity index (χ3v) is 4.21. The summed E-state index contributed by atoms with van der Waals surface area (Å²) in [7, 11) is 5.58. The molecule has 1 saturated heterocycles. The fourth-order valence-corrected chi connectivity index (χ4v) is 2.89. The monoisotopic (exact) mass is 291 g/mol. The van der Waals surface area contributed by atoms with Crippen LogP contribution < -0.4 is 10.6 Å². The Morgan fingerprint density at radius 1 is 1.43 bits per heavy atom. The van der Waals surface area contributed by atoms with Crippen LogP contribution in [-0.2, 0) is 4.74 Å². The van der Waals surface area contributed by atoms with Crippen molar-refractivity contribution >= 4 is 17.3 Å². The van der Waals surface area contributed by atoms with E-state index in [1.165, 1.54) is 20.0 Å². The standard InChI is InChI=1S/C16H25N3O2/c1-18-8-6-12(7-9-18)11-19(2)15-5-4-13(17)10-14(15)16(20)21-3/h4-5,10,12H,6-9,11,17H2,1-3H3. The molecular formula is C16H25N3O2. The maximum absolute atomic E-state index is 11.9. The summed E-state index contributed by atoms with van der Waals surface area (Å²) >= 11 is 0. The smallest absolute Gasteiger partial charge is 0.340 e. The third kappa shape index (κ3) is 3.88. The molecule has 0 bridgehead atoms. The van der Waals surface area contributed by atoms with Gasteiger partial charge in [0.25, 0.3) is 0 Å². The molecule has 5 nitrogen and oxygen atoms in total. The van der Waals surface area contributed by atoms with Gasteiger partial charge in [-0.3, -0.25) is 0 Å². The topological polar surface area (TPSA) is 58.8 Å². The predicted octanol–water partition coefficient (Wildman–Crippen LogP) is 1.83. The van der Waals surface area contributed by atoms with Gasteiger partial charge in [-0.2, -0.15) is 0 Å². The number of esters is 1. The van der Waals surface area contributed by atoms with Gasteiger partial charge in [0.1, 0.15) is 0 Å². The number of likely N-dealkylation sites (tertiary alicyclic amines) is 1. The average molecular weight is 291 g/mol. The number of piperidine rings is 1. The molecule has 1 aliphatic heterocycles. The molecule has 1 aliphatic rings. The number of carbonyl (C=O) groups is 1.